The Labute approximate surface area is 271 Å². The van der Waals surface area contributed by atoms with Gasteiger partial charge in [0, 0.05) is 12.2 Å². The summed E-state index contributed by atoms with van der Waals surface area (Å²) in [4.78, 5) is 14.2. The normalized spacial score (nSPS) is 15.6. The van der Waals surface area contributed by atoms with Gasteiger partial charge in [-0.15, -0.1) is 0 Å². The summed E-state index contributed by atoms with van der Waals surface area (Å²) in [5.41, 5.74) is 3.38. The molecule has 0 radical (unpaired) electrons. The van der Waals surface area contributed by atoms with Crippen molar-refractivity contribution in [1.29, 1.82) is 0 Å². The number of halogens is 1. The van der Waals surface area contributed by atoms with Gasteiger partial charge in [0.25, 0.3) is 0 Å². The van der Waals surface area contributed by atoms with Gasteiger partial charge in [-0.05, 0) is 85.0 Å². The summed E-state index contributed by atoms with van der Waals surface area (Å²) in [6, 6.07) is 21.8. The number of nitrogens with zero attached hydrogens (tertiary/aromatic N) is 1. The minimum Gasteiger partial charge on any atom is -0.393 e. The number of carbonyl (C=O) groups is 1. The van der Waals surface area contributed by atoms with Gasteiger partial charge in [-0.1, -0.05) is 61.9 Å². The highest BCUT2D eigenvalue weighted by atomic mass is 32.2. The highest BCUT2D eigenvalue weighted by Crippen LogP contribution is 2.39. The number of sulfonamides is 1. The summed E-state index contributed by atoms with van der Waals surface area (Å²) in [6.07, 6.45) is 6.22. The molecule has 252 valence electrons. The maximum atomic E-state index is 12.4. The zero-order valence-corrected chi connectivity index (χ0v) is 27.4. The number of β-lactam (4-membered cyclic amide) rings is 1. The van der Waals surface area contributed by atoms with E-state index in [2.05, 4.69) is 4.72 Å². The van der Waals surface area contributed by atoms with Crippen LogP contribution >= 0.6 is 0 Å². The summed E-state index contributed by atoms with van der Waals surface area (Å²) < 4.78 is 37.0. The van der Waals surface area contributed by atoms with Gasteiger partial charge in [-0.25, -0.2) is 17.5 Å². The van der Waals surface area contributed by atoms with Crippen LogP contribution in [0.3, 0.4) is 0 Å². The van der Waals surface area contributed by atoms with Crippen LogP contribution in [0, 0.1) is 5.82 Å². The number of nitrogens with one attached hydrogen (secondary N) is 1. The fourth-order valence-electron chi connectivity index (χ4n) is 5.13. The average Bonchev–Trinajstić information content (AvgIpc) is 3.05. The lowest BCUT2D eigenvalue weighted by Gasteiger charge is -2.41. The van der Waals surface area contributed by atoms with Crippen molar-refractivity contribution in [3.8, 4) is 0 Å². The van der Waals surface area contributed by atoms with Crippen molar-refractivity contribution >= 4 is 21.6 Å². The lowest BCUT2D eigenvalue weighted by atomic mass is 9.91. The molecule has 5 N–H and O–H groups in total. The molecular weight excluding hydrogens is 611 g/mol. The van der Waals surface area contributed by atoms with Crippen LogP contribution in [-0.4, -0.2) is 66.4 Å². The molecule has 11 heteroatoms. The van der Waals surface area contributed by atoms with Crippen molar-refractivity contribution in [1.82, 2.24) is 4.72 Å². The van der Waals surface area contributed by atoms with Crippen molar-refractivity contribution in [2.24, 2.45) is 0 Å². The zero-order chi connectivity index (χ0) is 33.7. The number of amides is 1. The first-order valence-electron chi connectivity index (χ1n) is 15.7. The number of carbonyl (C=O) groups excluding carboxylic acids is 1. The first-order valence-corrected chi connectivity index (χ1v) is 17.6. The van der Waals surface area contributed by atoms with E-state index in [-0.39, 0.29) is 24.2 Å². The Hall–Kier alpha value is -3.19. The third-order valence-electron chi connectivity index (χ3n) is 8.14. The third kappa shape index (κ3) is 11.6. The highest BCUT2D eigenvalue weighted by molar-refractivity contribution is 7.88. The number of aliphatic hydroxyl groups is 4. The standard InChI is InChI=1S/C26H36N2O6S.C9H11FO/c1-35(33,34)27-16-4-2-3-5-20-8-12-23(13-9-20)28-24(17-25(28)31)22-10-6-21(7-11-22)14-15-26(32,18-29)19-30;1-2-9(11)7-3-5-8(10)6-4-7/h6-13,24,27,29-30,32H,2-5,14-19H2,1H3;3-6,9,11H,2H2,1H3. The summed E-state index contributed by atoms with van der Waals surface area (Å²) in [7, 11) is -3.12. The van der Waals surface area contributed by atoms with Crippen LogP contribution in [0.2, 0.25) is 0 Å². The third-order valence-corrected chi connectivity index (χ3v) is 8.87. The van der Waals surface area contributed by atoms with E-state index in [1.54, 1.807) is 12.1 Å². The molecule has 3 aromatic rings. The van der Waals surface area contributed by atoms with E-state index >= 15 is 0 Å². The van der Waals surface area contributed by atoms with Crippen LogP contribution in [0.5, 0.6) is 0 Å². The Morgan fingerprint density at radius 1 is 0.913 bits per heavy atom. The van der Waals surface area contributed by atoms with Crippen molar-refractivity contribution in [2.45, 2.75) is 76.0 Å². The number of anilines is 1. The van der Waals surface area contributed by atoms with Crippen LogP contribution < -0.4 is 9.62 Å². The van der Waals surface area contributed by atoms with Gasteiger partial charge in [0.1, 0.15) is 11.4 Å². The van der Waals surface area contributed by atoms with Crippen LogP contribution in [0.25, 0.3) is 0 Å². The first-order chi connectivity index (χ1) is 21.9. The molecule has 0 aliphatic carbocycles. The summed E-state index contributed by atoms with van der Waals surface area (Å²) in [6.45, 7) is 1.38. The average molecular weight is 659 g/mol. The van der Waals surface area contributed by atoms with Crippen LogP contribution in [0.15, 0.2) is 72.8 Å². The molecule has 1 fully saturated rings. The molecule has 3 aromatic carbocycles. The number of aryl methyl sites for hydroxylation is 2. The van der Waals surface area contributed by atoms with Gasteiger partial charge in [0.2, 0.25) is 15.9 Å². The van der Waals surface area contributed by atoms with E-state index in [0.717, 1.165) is 54.3 Å². The van der Waals surface area contributed by atoms with Gasteiger partial charge < -0.3 is 25.3 Å². The molecule has 2 unspecified atom stereocenters. The van der Waals surface area contributed by atoms with E-state index in [1.165, 1.54) is 17.7 Å². The van der Waals surface area contributed by atoms with E-state index < -0.39 is 34.9 Å². The molecule has 0 bridgehead atoms. The molecule has 1 saturated heterocycles. The monoisotopic (exact) mass is 658 g/mol. The number of benzene rings is 3. The van der Waals surface area contributed by atoms with Crippen LogP contribution in [-0.2, 0) is 27.7 Å². The second kappa shape index (κ2) is 17.7. The fourth-order valence-corrected chi connectivity index (χ4v) is 5.65. The largest absolute Gasteiger partial charge is 0.393 e. The molecule has 4 rings (SSSR count). The van der Waals surface area contributed by atoms with E-state index in [9.17, 15) is 38.0 Å². The second-order valence-electron chi connectivity index (χ2n) is 11.9. The Bertz CT molecular complexity index is 1460. The number of rotatable bonds is 16. The van der Waals surface area contributed by atoms with Gasteiger partial charge in [0.15, 0.2) is 0 Å². The molecule has 0 aromatic heterocycles. The van der Waals surface area contributed by atoms with Crippen molar-refractivity contribution in [3.63, 3.8) is 0 Å². The van der Waals surface area contributed by atoms with Gasteiger partial charge in [-0.3, -0.25) is 4.79 Å². The molecular formula is C35H47FN2O7S. The molecule has 1 aliphatic heterocycles. The molecule has 0 spiro atoms. The molecule has 0 saturated carbocycles. The quantitative estimate of drug-likeness (QED) is 0.114. The Morgan fingerprint density at radius 3 is 2.04 bits per heavy atom. The summed E-state index contributed by atoms with van der Waals surface area (Å²) >= 11 is 0. The maximum Gasteiger partial charge on any atom is 0.230 e. The lowest BCUT2D eigenvalue weighted by molar-refractivity contribution is -0.124. The number of hydrogen-bond acceptors (Lipinski definition) is 7. The van der Waals surface area contributed by atoms with Crippen molar-refractivity contribution < 1.29 is 38.0 Å². The Kier molecular flexibility index (Phi) is 14.3. The molecule has 46 heavy (non-hydrogen) atoms. The van der Waals surface area contributed by atoms with Gasteiger partial charge >= 0.3 is 0 Å². The van der Waals surface area contributed by atoms with Crippen LogP contribution in [0.1, 0.15) is 79.8 Å². The van der Waals surface area contributed by atoms with E-state index in [0.29, 0.717) is 25.8 Å². The molecule has 1 amide bonds. The molecule has 1 heterocycles. The number of hydrogen-bond donors (Lipinski definition) is 5. The number of unbranched alkanes of at least 4 members (excludes halogenated alkanes) is 2. The predicted octanol–water partition coefficient (Wildman–Crippen LogP) is 4.34. The highest BCUT2D eigenvalue weighted by Gasteiger charge is 2.38. The van der Waals surface area contributed by atoms with Gasteiger partial charge in [-0.2, -0.15) is 0 Å². The smallest absolute Gasteiger partial charge is 0.230 e. The minimum atomic E-state index is -3.12. The van der Waals surface area contributed by atoms with Crippen molar-refractivity contribution in [3.05, 3.63) is 101 Å². The lowest BCUT2D eigenvalue weighted by Crippen LogP contribution is -2.46. The first kappa shape index (κ1) is 37.3. The summed E-state index contributed by atoms with van der Waals surface area (Å²) in [5.74, 6) is -0.182. The molecule has 2 atom stereocenters. The van der Waals surface area contributed by atoms with Gasteiger partial charge in [0.05, 0.1) is 38.0 Å². The molecule has 9 nitrogen and oxygen atoms in total. The topological polar surface area (TPSA) is 147 Å². The summed E-state index contributed by atoms with van der Waals surface area (Å²) in [5, 5.41) is 37.8. The molecule has 1 aliphatic rings. The Morgan fingerprint density at radius 2 is 1.50 bits per heavy atom. The van der Waals surface area contributed by atoms with E-state index in [1.807, 2.05) is 60.4 Å². The SMILES string of the molecule is CCC(O)c1ccc(F)cc1.CS(=O)(=O)NCCCCCc1ccc(N2C(=O)CC2c2ccc(CCC(O)(CO)CO)cc2)cc1. The number of aliphatic hydroxyl groups excluding tert-OH is 3. The van der Waals surface area contributed by atoms with Crippen molar-refractivity contribution in [2.75, 3.05) is 30.9 Å². The van der Waals surface area contributed by atoms with E-state index in [4.69, 9.17) is 0 Å². The van der Waals surface area contributed by atoms with Crippen LogP contribution in [0.4, 0.5) is 10.1 Å². The second-order valence-corrected chi connectivity index (χ2v) is 13.7. The Balaban J connectivity index is 0.000000441. The minimum absolute atomic E-state index is 0.0171. The predicted molar refractivity (Wildman–Crippen MR) is 177 cm³/mol. The maximum absolute atomic E-state index is 12.4. The zero-order valence-electron chi connectivity index (χ0n) is 26.6. The fraction of sp³-hybridized carbons (Fsp3) is 0.457.